The minimum atomic E-state index is -1.19. The normalized spacial score (nSPS) is 12.5. The molecule has 10 heavy (non-hydrogen) atoms. The van der Waals surface area contributed by atoms with Crippen molar-refractivity contribution in [1.29, 1.82) is 0 Å². The fourth-order valence-corrected chi connectivity index (χ4v) is 0.697. The van der Waals surface area contributed by atoms with Crippen LogP contribution in [0.25, 0.3) is 0 Å². The van der Waals surface area contributed by atoms with Crippen molar-refractivity contribution in [3.05, 3.63) is 0 Å². The third kappa shape index (κ3) is 4.16. The summed E-state index contributed by atoms with van der Waals surface area (Å²) < 4.78 is 0. The third-order valence-electron chi connectivity index (χ3n) is 0.704. The van der Waals surface area contributed by atoms with Crippen molar-refractivity contribution in [2.75, 3.05) is 5.75 Å². The van der Waals surface area contributed by atoms with E-state index in [-0.39, 0.29) is 5.75 Å². The maximum Gasteiger partial charge on any atom is 0.364 e. The lowest BCUT2D eigenvalue weighted by atomic mass is 10.4. The zero-order valence-corrected chi connectivity index (χ0v) is 5.80. The Kier molecular flexibility index (Phi) is 3.82. The predicted octanol–water partition coefficient (Wildman–Crippen LogP) is -0.191. The average Bonchev–Trinajstić information content (AvgIpc) is 1.82. The molecule has 0 aliphatic heterocycles. The van der Waals surface area contributed by atoms with Gasteiger partial charge >= 0.3 is 11.3 Å². The van der Waals surface area contributed by atoms with Gasteiger partial charge in [0, 0.05) is 5.75 Å². The fourth-order valence-electron chi connectivity index (χ4n) is 0.232. The molecule has 0 radical (unpaired) electrons. The zero-order chi connectivity index (χ0) is 8.15. The van der Waals surface area contributed by atoms with Gasteiger partial charge in [-0.05, 0) is 11.8 Å². The first-order valence-corrected chi connectivity index (χ1v) is 3.36. The van der Waals surface area contributed by atoms with Crippen LogP contribution in [-0.4, -0.2) is 33.3 Å². The van der Waals surface area contributed by atoms with E-state index in [0.29, 0.717) is 11.8 Å². The van der Waals surface area contributed by atoms with Gasteiger partial charge in [0.1, 0.15) is 6.04 Å². The largest absolute Gasteiger partial charge is 0.480 e. The molecule has 0 bridgehead atoms. The molecule has 4 N–H and O–H groups in total. The first-order chi connectivity index (χ1) is 4.54. The number of carboxylic acids is 1. The van der Waals surface area contributed by atoms with Gasteiger partial charge in [0.25, 0.3) is 0 Å². The summed E-state index contributed by atoms with van der Waals surface area (Å²) in [6.45, 7) is 0. The monoisotopic (exact) mass is 165 g/mol. The van der Waals surface area contributed by atoms with Gasteiger partial charge in [-0.2, -0.15) is 0 Å². The van der Waals surface area contributed by atoms with Crippen molar-refractivity contribution in [1.82, 2.24) is 0 Å². The second-order valence-corrected chi connectivity index (χ2v) is 2.49. The van der Waals surface area contributed by atoms with Gasteiger partial charge in [-0.15, -0.1) is 0 Å². The van der Waals surface area contributed by atoms with Crippen LogP contribution in [0.1, 0.15) is 0 Å². The van der Waals surface area contributed by atoms with Crippen LogP contribution >= 0.6 is 11.8 Å². The highest BCUT2D eigenvalue weighted by atomic mass is 32.2. The Morgan fingerprint density at radius 3 is 2.30 bits per heavy atom. The molecular formula is C4H7NO4S. The molecule has 0 aliphatic carbocycles. The van der Waals surface area contributed by atoms with Crippen LogP contribution in [0, 0.1) is 0 Å². The molecule has 1 atom stereocenters. The third-order valence-corrected chi connectivity index (χ3v) is 1.48. The summed E-state index contributed by atoms with van der Waals surface area (Å²) in [6.07, 6.45) is 0. The smallest absolute Gasteiger partial charge is 0.364 e. The summed E-state index contributed by atoms with van der Waals surface area (Å²) in [7, 11) is 0. The van der Waals surface area contributed by atoms with Gasteiger partial charge < -0.3 is 15.9 Å². The number of carboxylic acid groups (broad SMARTS) is 2. The summed E-state index contributed by atoms with van der Waals surface area (Å²) in [5, 5.41) is 15.1. The van der Waals surface area contributed by atoms with Crippen molar-refractivity contribution < 1.29 is 19.8 Å². The Morgan fingerprint density at radius 2 is 2.00 bits per heavy atom. The Morgan fingerprint density at radius 1 is 1.50 bits per heavy atom. The Balaban J connectivity index is 3.49. The minimum Gasteiger partial charge on any atom is -0.480 e. The van der Waals surface area contributed by atoms with Crippen molar-refractivity contribution in [3.8, 4) is 0 Å². The molecule has 0 amide bonds. The summed E-state index contributed by atoms with van der Waals surface area (Å²) in [5.41, 5.74) is 4.98. The molecule has 0 heterocycles. The molecular weight excluding hydrogens is 158 g/mol. The van der Waals surface area contributed by atoms with Crippen LogP contribution in [0.2, 0.25) is 0 Å². The van der Waals surface area contributed by atoms with Gasteiger partial charge in [-0.3, -0.25) is 4.79 Å². The number of rotatable bonds is 3. The number of thioether (sulfide) groups is 1. The highest BCUT2D eigenvalue weighted by Gasteiger charge is 2.12. The van der Waals surface area contributed by atoms with E-state index < -0.39 is 17.3 Å². The van der Waals surface area contributed by atoms with Crippen LogP contribution < -0.4 is 5.73 Å². The predicted molar refractivity (Wildman–Crippen MR) is 36.1 cm³/mol. The quantitative estimate of drug-likeness (QED) is 0.535. The van der Waals surface area contributed by atoms with Crippen LogP contribution in [0.15, 0.2) is 0 Å². The van der Waals surface area contributed by atoms with Crippen LogP contribution in [0.4, 0.5) is 4.79 Å². The van der Waals surface area contributed by atoms with Crippen LogP contribution in [0.5, 0.6) is 0 Å². The summed E-state index contributed by atoms with van der Waals surface area (Å²) in [6, 6.07) is -1.10. The van der Waals surface area contributed by atoms with E-state index in [0.717, 1.165) is 0 Å². The first kappa shape index (κ1) is 9.25. The molecule has 5 nitrogen and oxygen atoms in total. The van der Waals surface area contributed by atoms with Gasteiger partial charge in [-0.1, -0.05) is 0 Å². The van der Waals surface area contributed by atoms with Crippen molar-refractivity contribution in [2.45, 2.75) is 6.04 Å². The Hall–Kier alpha value is -0.750. The van der Waals surface area contributed by atoms with E-state index in [1.165, 1.54) is 0 Å². The lowest BCUT2D eigenvalue weighted by Gasteiger charge is -2.00. The molecule has 0 aromatic carbocycles. The molecule has 0 unspecified atom stereocenters. The Bertz CT molecular complexity index is 148. The first-order valence-electron chi connectivity index (χ1n) is 2.38. The number of nitrogens with two attached hydrogens (primary N) is 1. The summed E-state index contributed by atoms with van der Waals surface area (Å²) in [4.78, 5) is 19.8. The van der Waals surface area contributed by atoms with Crippen LogP contribution in [0.3, 0.4) is 0 Å². The lowest BCUT2D eigenvalue weighted by Crippen LogP contribution is -2.32. The summed E-state index contributed by atoms with van der Waals surface area (Å²) >= 11 is 0.479. The molecule has 58 valence electrons. The highest BCUT2D eigenvalue weighted by Crippen LogP contribution is 2.01. The van der Waals surface area contributed by atoms with Crippen molar-refractivity contribution >= 4 is 23.0 Å². The average molecular weight is 165 g/mol. The lowest BCUT2D eigenvalue weighted by molar-refractivity contribution is -0.137. The second kappa shape index (κ2) is 4.13. The fraction of sp³-hybridized carbons (Fsp3) is 0.500. The zero-order valence-electron chi connectivity index (χ0n) is 4.98. The van der Waals surface area contributed by atoms with E-state index in [4.69, 9.17) is 15.9 Å². The van der Waals surface area contributed by atoms with E-state index in [1.54, 1.807) is 0 Å². The molecule has 0 aliphatic rings. The number of hydrogen-bond acceptors (Lipinski definition) is 4. The highest BCUT2D eigenvalue weighted by molar-refractivity contribution is 8.13. The molecule has 0 saturated carbocycles. The van der Waals surface area contributed by atoms with E-state index in [1.807, 2.05) is 0 Å². The van der Waals surface area contributed by atoms with E-state index in [2.05, 4.69) is 0 Å². The van der Waals surface area contributed by atoms with Gasteiger partial charge in [-0.25, -0.2) is 4.79 Å². The topological polar surface area (TPSA) is 101 Å². The van der Waals surface area contributed by atoms with E-state index in [9.17, 15) is 9.59 Å². The summed E-state index contributed by atoms with van der Waals surface area (Å²) in [5.74, 6) is -1.29. The van der Waals surface area contributed by atoms with Gasteiger partial charge in [0.2, 0.25) is 0 Å². The number of carbonyl (C=O) groups is 2. The van der Waals surface area contributed by atoms with E-state index >= 15 is 0 Å². The molecule has 0 aromatic rings. The Labute approximate surface area is 61.2 Å². The van der Waals surface area contributed by atoms with Gasteiger partial charge in [0.05, 0.1) is 0 Å². The SMILES string of the molecule is N[C@@H](CSC(=O)O)C(=O)O. The standard InChI is InChI=1S/C4H7NO4S/c5-2(3(6)7)1-10-4(8)9/h2H,1,5H2,(H,6,7)(H,8,9)/t2-/m0/s1. The maximum atomic E-state index is 9.98. The van der Waals surface area contributed by atoms with Gasteiger partial charge in [0.15, 0.2) is 0 Å². The minimum absolute atomic E-state index is 0.106. The molecule has 6 heteroatoms. The van der Waals surface area contributed by atoms with Crippen molar-refractivity contribution in [2.24, 2.45) is 5.73 Å². The van der Waals surface area contributed by atoms with Crippen molar-refractivity contribution in [3.63, 3.8) is 0 Å². The molecule has 0 rings (SSSR count). The molecule has 0 spiro atoms. The maximum absolute atomic E-state index is 9.98. The van der Waals surface area contributed by atoms with Crippen LogP contribution in [-0.2, 0) is 4.79 Å². The second-order valence-electron chi connectivity index (χ2n) is 1.52. The molecule has 0 fully saturated rings. The molecule has 0 saturated heterocycles. The number of hydrogen-bond donors (Lipinski definition) is 3. The molecule has 0 aromatic heterocycles. The number of aliphatic carboxylic acids is 1.